The van der Waals surface area contributed by atoms with E-state index in [2.05, 4.69) is 5.32 Å². The molecule has 1 aromatic carbocycles. The van der Waals surface area contributed by atoms with E-state index in [1.807, 2.05) is 26.0 Å². The number of benzene rings is 1. The average Bonchev–Trinajstić information content (AvgIpc) is 2.32. The van der Waals surface area contributed by atoms with Gasteiger partial charge in [-0.25, -0.2) is 8.42 Å². The molecule has 1 N–H and O–H groups in total. The minimum Gasteiger partial charge on any atom is -0.355 e. The Morgan fingerprint density at radius 1 is 1.35 bits per heavy atom. The highest BCUT2D eigenvalue weighted by atomic mass is 32.2. The van der Waals surface area contributed by atoms with Crippen molar-refractivity contribution in [3.8, 4) is 0 Å². The van der Waals surface area contributed by atoms with Crippen molar-refractivity contribution in [2.24, 2.45) is 0 Å². The molecule has 0 aliphatic carbocycles. The van der Waals surface area contributed by atoms with Crippen molar-refractivity contribution in [1.82, 2.24) is 5.32 Å². The number of nitrogens with one attached hydrogen (secondary N) is 1. The van der Waals surface area contributed by atoms with Crippen molar-refractivity contribution < 1.29 is 13.2 Å². The third-order valence-electron chi connectivity index (χ3n) is 3.04. The Kier molecular flexibility index (Phi) is 5.16. The Balaban J connectivity index is 3.34. The number of hydrogen-bond acceptors (Lipinski definition) is 3. The molecule has 0 bridgehead atoms. The third kappa shape index (κ3) is 3.72. The summed E-state index contributed by atoms with van der Waals surface area (Å²) in [4.78, 5) is 12.0. The summed E-state index contributed by atoms with van der Waals surface area (Å²) in [5, 5.41) is 2.66. The van der Waals surface area contributed by atoms with Crippen LogP contribution in [-0.2, 0) is 14.8 Å². The lowest BCUT2D eigenvalue weighted by Crippen LogP contribution is -2.48. The molecule has 0 unspecified atom stereocenters. The number of likely N-dealkylation sites (N-methyl/N-ethyl adjacent to an activating group) is 1. The van der Waals surface area contributed by atoms with Crippen LogP contribution in [0.25, 0.3) is 0 Å². The van der Waals surface area contributed by atoms with Gasteiger partial charge in [0.05, 0.1) is 11.9 Å². The molecule has 0 heterocycles. The standard InChI is InChI=1S/C14H22N2O3S/c1-6-15-14(17)12(4)16(20(5,18)19)13-9-10(2)7-8-11(13)3/h7-9,12H,6H2,1-5H3,(H,15,17)/t12-/m1/s1. The fourth-order valence-corrected chi connectivity index (χ4v) is 3.28. The maximum absolute atomic E-state index is 12.1. The van der Waals surface area contributed by atoms with Crippen LogP contribution in [0.4, 0.5) is 5.69 Å². The lowest BCUT2D eigenvalue weighted by molar-refractivity contribution is -0.121. The van der Waals surface area contributed by atoms with Gasteiger partial charge in [0.15, 0.2) is 0 Å². The number of anilines is 1. The maximum atomic E-state index is 12.1. The van der Waals surface area contributed by atoms with Crippen molar-refractivity contribution in [2.75, 3.05) is 17.1 Å². The van der Waals surface area contributed by atoms with Crippen LogP contribution in [0.1, 0.15) is 25.0 Å². The predicted molar refractivity (Wildman–Crippen MR) is 81.4 cm³/mol. The zero-order valence-corrected chi connectivity index (χ0v) is 13.4. The van der Waals surface area contributed by atoms with Crippen molar-refractivity contribution in [3.05, 3.63) is 29.3 Å². The van der Waals surface area contributed by atoms with Crippen LogP contribution in [0.2, 0.25) is 0 Å². The summed E-state index contributed by atoms with van der Waals surface area (Å²) in [5.41, 5.74) is 2.31. The van der Waals surface area contributed by atoms with Gasteiger partial charge in [-0.2, -0.15) is 0 Å². The van der Waals surface area contributed by atoms with Crippen molar-refractivity contribution in [2.45, 2.75) is 33.7 Å². The molecule has 0 aliphatic rings. The summed E-state index contributed by atoms with van der Waals surface area (Å²) in [7, 11) is -3.55. The van der Waals surface area contributed by atoms with Crippen molar-refractivity contribution >= 4 is 21.6 Å². The van der Waals surface area contributed by atoms with Gasteiger partial charge in [-0.1, -0.05) is 12.1 Å². The number of nitrogens with zero attached hydrogens (tertiary/aromatic N) is 1. The minimum atomic E-state index is -3.55. The summed E-state index contributed by atoms with van der Waals surface area (Å²) in [5.74, 6) is -0.307. The SMILES string of the molecule is CCNC(=O)[C@@H](C)N(c1cc(C)ccc1C)S(C)(=O)=O. The number of hydrogen-bond donors (Lipinski definition) is 1. The number of rotatable bonds is 5. The van der Waals surface area contributed by atoms with E-state index in [0.29, 0.717) is 12.2 Å². The second-order valence-corrected chi connectivity index (χ2v) is 6.78. The number of sulfonamides is 1. The molecule has 0 spiro atoms. The van der Waals surface area contributed by atoms with Crippen LogP contribution in [0.15, 0.2) is 18.2 Å². The van der Waals surface area contributed by atoms with Gasteiger partial charge in [0, 0.05) is 6.54 Å². The van der Waals surface area contributed by atoms with Gasteiger partial charge in [-0.15, -0.1) is 0 Å². The zero-order valence-electron chi connectivity index (χ0n) is 12.6. The smallest absolute Gasteiger partial charge is 0.243 e. The molecular formula is C14H22N2O3S. The second-order valence-electron chi connectivity index (χ2n) is 4.92. The Hall–Kier alpha value is -1.56. The molecule has 0 aliphatic heterocycles. The highest BCUT2D eigenvalue weighted by Crippen LogP contribution is 2.26. The van der Waals surface area contributed by atoms with E-state index in [1.165, 1.54) is 4.31 Å². The number of carbonyl (C=O) groups is 1. The molecule has 0 radical (unpaired) electrons. The Bertz CT molecular complexity index is 596. The first-order valence-corrected chi connectivity index (χ1v) is 8.37. The minimum absolute atomic E-state index is 0.307. The molecule has 5 nitrogen and oxygen atoms in total. The van der Waals surface area contributed by atoms with Gasteiger partial charge >= 0.3 is 0 Å². The third-order valence-corrected chi connectivity index (χ3v) is 4.27. The fraction of sp³-hybridized carbons (Fsp3) is 0.500. The van der Waals surface area contributed by atoms with Crippen LogP contribution >= 0.6 is 0 Å². The fourth-order valence-electron chi connectivity index (χ4n) is 2.06. The molecule has 0 aromatic heterocycles. The molecule has 0 saturated heterocycles. The molecule has 1 atom stereocenters. The van der Waals surface area contributed by atoms with Gasteiger partial charge in [0.2, 0.25) is 15.9 Å². The lowest BCUT2D eigenvalue weighted by Gasteiger charge is -2.29. The molecule has 20 heavy (non-hydrogen) atoms. The van der Waals surface area contributed by atoms with Crippen molar-refractivity contribution in [3.63, 3.8) is 0 Å². The summed E-state index contributed by atoms with van der Waals surface area (Å²) in [6.45, 7) is 7.58. The van der Waals surface area contributed by atoms with Gasteiger partial charge < -0.3 is 5.32 Å². The topological polar surface area (TPSA) is 66.5 Å². The van der Waals surface area contributed by atoms with E-state index in [-0.39, 0.29) is 5.91 Å². The number of carbonyl (C=O) groups excluding carboxylic acids is 1. The first-order chi connectivity index (χ1) is 9.18. The van der Waals surface area contributed by atoms with Crippen molar-refractivity contribution in [1.29, 1.82) is 0 Å². The maximum Gasteiger partial charge on any atom is 0.243 e. The van der Waals surface area contributed by atoms with E-state index in [4.69, 9.17) is 0 Å². The molecule has 6 heteroatoms. The first kappa shape index (κ1) is 16.5. The average molecular weight is 298 g/mol. The van der Waals surface area contributed by atoms with Crippen LogP contribution < -0.4 is 9.62 Å². The second kappa shape index (κ2) is 6.26. The normalized spacial score (nSPS) is 12.8. The Morgan fingerprint density at radius 2 is 1.95 bits per heavy atom. The molecule has 0 fully saturated rings. The van der Waals surface area contributed by atoms with Crippen LogP contribution in [0.3, 0.4) is 0 Å². The summed E-state index contributed by atoms with van der Waals surface area (Å²) in [6, 6.07) is 4.76. The predicted octanol–water partition coefficient (Wildman–Crippen LogP) is 1.59. The van der Waals surface area contributed by atoms with Gasteiger partial charge in [0.25, 0.3) is 0 Å². The lowest BCUT2D eigenvalue weighted by atomic mass is 10.1. The quantitative estimate of drug-likeness (QED) is 0.898. The molecular weight excluding hydrogens is 276 g/mol. The van der Waals surface area contributed by atoms with Gasteiger partial charge in [0.1, 0.15) is 6.04 Å². The highest BCUT2D eigenvalue weighted by molar-refractivity contribution is 7.92. The first-order valence-electron chi connectivity index (χ1n) is 6.52. The molecule has 112 valence electrons. The summed E-state index contributed by atoms with van der Waals surface area (Å²) < 4.78 is 25.4. The van der Waals surface area contributed by atoms with E-state index < -0.39 is 16.1 Å². The van der Waals surface area contributed by atoms with E-state index in [9.17, 15) is 13.2 Å². The largest absolute Gasteiger partial charge is 0.355 e. The van der Waals surface area contributed by atoms with E-state index in [0.717, 1.165) is 17.4 Å². The van der Waals surface area contributed by atoms with Crippen LogP contribution in [-0.4, -0.2) is 33.2 Å². The molecule has 1 aromatic rings. The molecule has 1 amide bonds. The van der Waals surface area contributed by atoms with Crippen LogP contribution in [0.5, 0.6) is 0 Å². The Labute approximate surface area is 121 Å². The summed E-state index contributed by atoms with van der Waals surface area (Å²) >= 11 is 0. The monoisotopic (exact) mass is 298 g/mol. The van der Waals surface area contributed by atoms with Gasteiger partial charge in [-0.3, -0.25) is 9.10 Å². The zero-order chi connectivity index (χ0) is 15.5. The van der Waals surface area contributed by atoms with Gasteiger partial charge in [-0.05, 0) is 44.9 Å². The molecule has 1 rings (SSSR count). The summed E-state index contributed by atoms with van der Waals surface area (Å²) in [6.07, 6.45) is 1.12. The number of amides is 1. The van der Waals surface area contributed by atoms with E-state index >= 15 is 0 Å². The van der Waals surface area contributed by atoms with E-state index in [1.54, 1.807) is 19.9 Å². The molecule has 0 saturated carbocycles. The van der Waals surface area contributed by atoms with Crippen LogP contribution in [0, 0.1) is 13.8 Å². The number of aryl methyl sites for hydroxylation is 2. The Morgan fingerprint density at radius 3 is 2.45 bits per heavy atom. The highest BCUT2D eigenvalue weighted by Gasteiger charge is 2.29.